The van der Waals surface area contributed by atoms with E-state index in [0.717, 1.165) is 5.56 Å². The molecule has 0 saturated heterocycles. The van der Waals surface area contributed by atoms with Crippen molar-refractivity contribution >= 4 is 12.0 Å². The lowest BCUT2D eigenvalue weighted by Crippen LogP contribution is -2.36. The molecule has 0 aromatic heterocycles. The zero-order valence-electron chi connectivity index (χ0n) is 13.7. The largest absolute Gasteiger partial charge is 0.386 e. The molecule has 0 heterocycles. The van der Waals surface area contributed by atoms with Crippen LogP contribution in [-0.4, -0.2) is 17.1 Å². The van der Waals surface area contributed by atoms with Gasteiger partial charge in [0.25, 0.3) is 0 Å². The number of carbonyl (C=O) groups excluding carboxylic acids is 1. The first-order chi connectivity index (χ1) is 11.6. The summed E-state index contributed by atoms with van der Waals surface area (Å²) in [6.45, 7) is 1.73. The highest BCUT2D eigenvalue weighted by molar-refractivity contribution is 5.76. The fraction of sp³-hybridized carbons (Fsp3) is 0.250. The van der Waals surface area contributed by atoms with Gasteiger partial charge in [0.05, 0.1) is 12.1 Å². The van der Waals surface area contributed by atoms with E-state index in [2.05, 4.69) is 5.32 Å². The first-order valence-electron chi connectivity index (χ1n) is 8.01. The number of aliphatic hydroxyl groups excluding tert-OH is 1. The SMILES string of the molecule is CC(NC(=O)CC/C=C/c1ccccc1)C(O)c1ccc(F)cc1. The first-order valence-corrected chi connectivity index (χ1v) is 8.01. The summed E-state index contributed by atoms with van der Waals surface area (Å²) in [4.78, 5) is 11.9. The van der Waals surface area contributed by atoms with E-state index < -0.39 is 12.1 Å². The van der Waals surface area contributed by atoms with Crippen LogP contribution < -0.4 is 5.32 Å². The molecule has 4 heteroatoms. The summed E-state index contributed by atoms with van der Waals surface area (Å²) >= 11 is 0. The summed E-state index contributed by atoms with van der Waals surface area (Å²) in [6.07, 6.45) is 4.04. The molecule has 0 aliphatic carbocycles. The van der Waals surface area contributed by atoms with Crippen LogP contribution in [0.3, 0.4) is 0 Å². The monoisotopic (exact) mass is 327 g/mol. The Balaban J connectivity index is 1.77. The zero-order chi connectivity index (χ0) is 17.4. The van der Waals surface area contributed by atoms with Gasteiger partial charge in [-0.15, -0.1) is 0 Å². The Kier molecular flexibility index (Phi) is 6.70. The molecular weight excluding hydrogens is 305 g/mol. The minimum Gasteiger partial charge on any atom is -0.386 e. The summed E-state index contributed by atoms with van der Waals surface area (Å²) in [5, 5.41) is 13.0. The molecule has 2 unspecified atom stereocenters. The van der Waals surface area contributed by atoms with E-state index in [1.54, 1.807) is 6.92 Å². The standard InChI is InChI=1S/C20H22FNO2/c1-15(20(24)17-11-13-18(21)14-12-17)22-19(23)10-6-5-9-16-7-3-2-4-8-16/h2-5,7-9,11-15,20,24H,6,10H2,1H3,(H,22,23)/b9-5+. The molecule has 2 rings (SSSR count). The van der Waals surface area contributed by atoms with Crippen molar-refractivity contribution in [2.24, 2.45) is 0 Å². The minimum absolute atomic E-state index is 0.124. The number of hydrogen-bond acceptors (Lipinski definition) is 2. The number of aliphatic hydroxyl groups is 1. The molecule has 0 aliphatic heterocycles. The van der Waals surface area contributed by atoms with E-state index in [9.17, 15) is 14.3 Å². The topological polar surface area (TPSA) is 49.3 Å². The summed E-state index contributed by atoms with van der Waals surface area (Å²) in [5.74, 6) is -0.478. The van der Waals surface area contributed by atoms with E-state index in [0.29, 0.717) is 18.4 Å². The van der Waals surface area contributed by atoms with E-state index in [4.69, 9.17) is 0 Å². The van der Waals surface area contributed by atoms with Gasteiger partial charge >= 0.3 is 0 Å². The number of amides is 1. The highest BCUT2D eigenvalue weighted by Gasteiger charge is 2.18. The smallest absolute Gasteiger partial charge is 0.220 e. The van der Waals surface area contributed by atoms with Crippen LogP contribution >= 0.6 is 0 Å². The molecule has 126 valence electrons. The van der Waals surface area contributed by atoms with E-state index in [1.165, 1.54) is 24.3 Å². The highest BCUT2D eigenvalue weighted by Crippen LogP contribution is 2.17. The molecule has 3 nitrogen and oxygen atoms in total. The maximum atomic E-state index is 12.9. The number of halogens is 1. The van der Waals surface area contributed by atoms with Crippen molar-refractivity contribution in [3.8, 4) is 0 Å². The normalized spacial score (nSPS) is 13.6. The van der Waals surface area contributed by atoms with E-state index >= 15 is 0 Å². The van der Waals surface area contributed by atoms with Crippen LogP contribution in [-0.2, 0) is 4.79 Å². The highest BCUT2D eigenvalue weighted by atomic mass is 19.1. The third-order valence-corrected chi connectivity index (χ3v) is 3.72. The number of carbonyl (C=O) groups is 1. The van der Waals surface area contributed by atoms with Crippen molar-refractivity contribution < 1.29 is 14.3 Å². The fourth-order valence-corrected chi connectivity index (χ4v) is 2.35. The van der Waals surface area contributed by atoms with Gasteiger partial charge in [-0.1, -0.05) is 54.6 Å². The van der Waals surface area contributed by atoms with Gasteiger partial charge in [-0.2, -0.15) is 0 Å². The number of allylic oxidation sites excluding steroid dienone is 1. The fourth-order valence-electron chi connectivity index (χ4n) is 2.35. The second-order valence-electron chi connectivity index (χ2n) is 5.70. The molecule has 2 aromatic rings. The van der Waals surface area contributed by atoms with Crippen LogP contribution in [0.25, 0.3) is 6.08 Å². The van der Waals surface area contributed by atoms with Crippen molar-refractivity contribution in [3.05, 3.63) is 77.6 Å². The van der Waals surface area contributed by atoms with Crippen LogP contribution in [0, 0.1) is 5.82 Å². The molecule has 0 aliphatic rings. The van der Waals surface area contributed by atoms with Gasteiger partial charge in [0.2, 0.25) is 5.91 Å². The summed E-state index contributed by atoms with van der Waals surface area (Å²) in [5.41, 5.74) is 1.67. The predicted molar refractivity (Wildman–Crippen MR) is 93.7 cm³/mol. The molecule has 0 saturated carbocycles. The second kappa shape index (κ2) is 8.99. The van der Waals surface area contributed by atoms with Crippen LogP contribution in [0.15, 0.2) is 60.7 Å². The number of rotatable bonds is 7. The van der Waals surface area contributed by atoms with Gasteiger partial charge in [0.15, 0.2) is 0 Å². The average Bonchev–Trinajstić information content (AvgIpc) is 2.59. The lowest BCUT2D eigenvalue weighted by atomic mass is 10.0. The van der Waals surface area contributed by atoms with Crippen molar-refractivity contribution in [1.82, 2.24) is 5.32 Å². The van der Waals surface area contributed by atoms with Crippen LogP contribution in [0.4, 0.5) is 4.39 Å². The molecule has 24 heavy (non-hydrogen) atoms. The number of hydrogen-bond donors (Lipinski definition) is 2. The Labute approximate surface area is 141 Å². The van der Waals surface area contributed by atoms with Gasteiger partial charge in [-0.3, -0.25) is 4.79 Å². The van der Waals surface area contributed by atoms with Gasteiger partial charge < -0.3 is 10.4 Å². The molecule has 0 spiro atoms. The minimum atomic E-state index is -0.866. The summed E-state index contributed by atoms with van der Waals surface area (Å²) in [7, 11) is 0. The van der Waals surface area contributed by atoms with Crippen molar-refractivity contribution in [2.45, 2.75) is 31.9 Å². The van der Waals surface area contributed by atoms with Gasteiger partial charge in [-0.25, -0.2) is 4.39 Å². The van der Waals surface area contributed by atoms with Crippen molar-refractivity contribution in [3.63, 3.8) is 0 Å². The molecule has 0 bridgehead atoms. The molecule has 1 amide bonds. The zero-order valence-corrected chi connectivity index (χ0v) is 13.7. The quantitative estimate of drug-likeness (QED) is 0.811. The molecule has 2 N–H and O–H groups in total. The maximum Gasteiger partial charge on any atom is 0.220 e. The maximum absolute atomic E-state index is 12.9. The Morgan fingerprint density at radius 1 is 1.17 bits per heavy atom. The summed E-state index contributed by atoms with van der Waals surface area (Å²) in [6, 6.07) is 15.1. The first kappa shape index (κ1) is 17.9. The Bertz CT molecular complexity index is 668. The van der Waals surface area contributed by atoms with Crippen molar-refractivity contribution in [2.75, 3.05) is 0 Å². The Morgan fingerprint density at radius 2 is 1.83 bits per heavy atom. The van der Waals surface area contributed by atoms with Crippen LogP contribution in [0.2, 0.25) is 0 Å². The number of nitrogens with one attached hydrogen (secondary N) is 1. The number of benzene rings is 2. The molecule has 0 fully saturated rings. The van der Waals surface area contributed by atoms with Crippen LogP contribution in [0.1, 0.15) is 37.0 Å². The van der Waals surface area contributed by atoms with E-state index in [-0.39, 0.29) is 11.7 Å². The second-order valence-corrected chi connectivity index (χ2v) is 5.70. The molecule has 0 radical (unpaired) electrons. The van der Waals surface area contributed by atoms with Gasteiger partial charge in [-0.05, 0) is 36.6 Å². The average molecular weight is 327 g/mol. The molecule has 2 aromatic carbocycles. The van der Waals surface area contributed by atoms with Crippen molar-refractivity contribution in [1.29, 1.82) is 0 Å². The molecular formula is C20H22FNO2. The van der Waals surface area contributed by atoms with Gasteiger partial charge in [0, 0.05) is 6.42 Å². The van der Waals surface area contributed by atoms with E-state index in [1.807, 2.05) is 42.5 Å². The Hall–Kier alpha value is -2.46. The molecule has 2 atom stereocenters. The predicted octanol–water partition coefficient (Wildman–Crippen LogP) is 3.86. The van der Waals surface area contributed by atoms with Gasteiger partial charge in [0.1, 0.15) is 5.82 Å². The van der Waals surface area contributed by atoms with Crippen LogP contribution in [0.5, 0.6) is 0 Å². The Morgan fingerprint density at radius 3 is 2.50 bits per heavy atom. The lowest BCUT2D eigenvalue weighted by molar-refractivity contribution is -0.122. The third kappa shape index (κ3) is 5.63. The third-order valence-electron chi connectivity index (χ3n) is 3.72. The summed E-state index contributed by atoms with van der Waals surface area (Å²) < 4.78 is 12.9. The lowest BCUT2D eigenvalue weighted by Gasteiger charge is -2.20.